The van der Waals surface area contributed by atoms with Gasteiger partial charge in [0.25, 0.3) is 0 Å². The molecule has 1 aromatic heterocycles. The van der Waals surface area contributed by atoms with Crippen LogP contribution in [0, 0.1) is 0 Å². The molecule has 1 N–H and O–H groups in total. The Hall–Kier alpha value is -2.71. The van der Waals surface area contributed by atoms with E-state index >= 15 is 0 Å². The number of rotatable bonds is 7. The number of benzene rings is 2. The molecule has 3 aromatic rings. The van der Waals surface area contributed by atoms with Crippen LogP contribution in [0.1, 0.15) is 32.2 Å². The molecule has 0 bridgehead atoms. The predicted molar refractivity (Wildman–Crippen MR) is 110 cm³/mol. The second-order valence-corrected chi connectivity index (χ2v) is 9.44. The van der Waals surface area contributed by atoms with Crippen LogP contribution in [-0.2, 0) is 21.9 Å². The Bertz CT molecular complexity index is 1070. The highest BCUT2D eigenvalue weighted by Crippen LogP contribution is 2.32. The number of hydrogen-bond donors (Lipinski definition) is 1. The van der Waals surface area contributed by atoms with E-state index < -0.39 is 10.0 Å². The van der Waals surface area contributed by atoms with Crippen LogP contribution in [-0.4, -0.2) is 32.2 Å². The first-order valence-corrected chi connectivity index (χ1v) is 10.8. The van der Waals surface area contributed by atoms with Gasteiger partial charge in [-0.25, -0.2) is 13.1 Å². The van der Waals surface area contributed by atoms with Crippen LogP contribution in [0.3, 0.4) is 0 Å². The molecular formula is C21H25N3O4S. The Morgan fingerprint density at radius 1 is 1.10 bits per heavy atom. The van der Waals surface area contributed by atoms with Crippen molar-refractivity contribution < 1.29 is 17.7 Å². The molecule has 0 saturated carbocycles. The minimum Gasteiger partial charge on any atom is -0.496 e. The van der Waals surface area contributed by atoms with Crippen molar-refractivity contribution in [3.63, 3.8) is 0 Å². The smallest absolute Gasteiger partial charge is 0.240 e. The molecule has 154 valence electrons. The van der Waals surface area contributed by atoms with E-state index in [2.05, 4.69) is 14.9 Å². The van der Waals surface area contributed by atoms with Crippen molar-refractivity contribution >= 4 is 10.0 Å². The van der Waals surface area contributed by atoms with Gasteiger partial charge in [-0.3, -0.25) is 0 Å². The maximum atomic E-state index is 12.8. The third kappa shape index (κ3) is 5.02. The largest absolute Gasteiger partial charge is 0.496 e. The number of hydrogen-bond acceptors (Lipinski definition) is 6. The van der Waals surface area contributed by atoms with Gasteiger partial charge < -0.3 is 9.26 Å². The Labute approximate surface area is 171 Å². The van der Waals surface area contributed by atoms with E-state index in [4.69, 9.17) is 9.26 Å². The van der Waals surface area contributed by atoms with E-state index in [-0.39, 0.29) is 16.1 Å². The Kier molecular flexibility index (Phi) is 6.04. The zero-order valence-corrected chi connectivity index (χ0v) is 17.8. The van der Waals surface area contributed by atoms with E-state index in [1.165, 1.54) is 19.2 Å². The minimum absolute atomic E-state index is 0.114. The van der Waals surface area contributed by atoms with Crippen molar-refractivity contribution in [3.05, 3.63) is 60.0 Å². The monoisotopic (exact) mass is 415 g/mol. The first kappa shape index (κ1) is 21.0. The zero-order valence-electron chi connectivity index (χ0n) is 17.0. The lowest BCUT2D eigenvalue weighted by Crippen LogP contribution is -2.26. The summed E-state index contributed by atoms with van der Waals surface area (Å²) in [5, 5.41) is 4.01. The van der Waals surface area contributed by atoms with Crippen LogP contribution in [0.15, 0.2) is 57.9 Å². The summed E-state index contributed by atoms with van der Waals surface area (Å²) in [6.45, 7) is 6.17. The molecule has 8 heteroatoms. The van der Waals surface area contributed by atoms with Crippen molar-refractivity contribution in [2.24, 2.45) is 0 Å². The lowest BCUT2D eigenvalue weighted by Gasteiger charge is -2.11. The highest BCUT2D eigenvalue weighted by atomic mass is 32.2. The van der Waals surface area contributed by atoms with Crippen LogP contribution in [0.5, 0.6) is 5.75 Å². The highest BCUT2D eigenvalue weighted by Gasteiger charge is 2.24. The van der Waals surface area contributed by atoms with Gasteiger partial charge in [-0.05, 0) is 30.2 Å². The van der Waals surface area contributed by atoms with Gasteiger partial charge in [-0.1, -0.05) is 56.3 Å². The first-order valence-electron chi connectivity index (χ1n) is 9.27. The van der Waals surface area contributed by atoms with Gasteiger partial charge in [-0.15, -0.1) is 0 Å². The summed E-state index contributed by atoms with van der Waals surface area (Å²) in [5.74, 6) is 1.21. The summed E-state index contributed by atoms with van der Waals surface area (Å²) in [6.07, 6.45) is 0.600. The van der Waals surface area contributed by atoms with Crippen LogP contribution < -0.4 is 9.46 Å². The molecule has 2 aromatic carbocycles. The number of nitrogens with one attached hydrogen (secondary N) is 1. The van der Waals surface area contributed by atoms with Gasteiger partial charge in [-0.2, -0.15) is 4.98 Å². The molecule has 0 spiro atoms. The fourth-order valence-electron chi connectivity index (χ4n) is 2.72. The lowest BCUT2D eigenvalue weighted by molar-refractivity contribution is 0.321. The molecule has 29 heavy (non-hydrogen) atoms. The van der Waals surface area contributed by atoms with E-state index in [1.54, 1.807) is 6.07 Å². The molecule has 0 atom stereocenters. The second kappa shape index (κ2) is 8.34. The van der Waals surface area contributed by atoms with Gasteiger partial charge in [0, 0.05) is 12.0 Å². The normalized spacial score (nSPS) is 12.1. The predicted octanol–water partition coefficient (Wildman–Crippen LogP) is 3.56. The van der Waals surface area contributed by atoms with Crippen LogP contribution >= 0.6 is 0 Å². The summed E-state index contributed by atoms with van der Waals surface area (Å²) in [6, 6.07) is 14.3. The van der Waals surface area contributed by atoms with Crippen molar-refractivity contribution in [1.29, 1.82) is 0 Å². The van der Waals surface area contributed by atoms with Gasteiger partial charge in [0.1, 0.15) is 5.75 Å². The average Bonchev–Trinajstić information content (AvgIpc) is 3.19. The van der Waals surface area contributed by atoms with Crippen molar-refractivity contribution in [1.82, 2.24) is 14.9 Å². The molecule has 0 fully saturated rings. The summed E-state index contributed by atoms with van der Waals surface area (Å²) in [4.78, 5) is 4.53. The number of methoxy groups -OCH3 is 1. The standard InChI is InChI=1S/C21H25N3O4S/c1-21(2,3)20-23-19(24-28-20)17-14-16(10-11-18(17)27-4)29(25,26)22-13-12-15-8-6-5-7-9-15/h5-11,14,22H,12-13H2,1-4H3. The molecule has 0 aliphatic heterocycles. The first-order chi connectivity index (χ1) is 13.7. The fraction of sp³-hybridized carbons (Fsp3) is 0.333. The van der Waals surface area contributed by atoms with E-state index in [0.717, 1.165) is 5.56 Å². The SMILES string of the molecule is COc1ccc(S(=O)(=O)NCCc2ccccc2)cc1-c1noc(C(C)(C)C)n1. The highest BCUT2D eigenvalue weighted by molar-refractivity contribution is 7.89. The third-order valence-electron chi connectivity index (χ3n) is 4.34. The van der Waals surface area contributed by atoms with E-state index in [0.29, 0.717) is 30.2 Å². The Balaban J connectivity index is 1.84. The molecule has 0 aliphatic rings. The molecule has 0 saturated heterocycles. The average molecular weight is 416 g/mol. The number of nitrogens with zero attached hydrogens (tertiary/aromatic N) is 2. The van der Waals surface area contributed by atoms with Gasteiger partial charge in [0.2, 0.25) is 21.7 Å². The quantitative estimate of drug-likeness (QED) is 0.634. The van der Waals surface area contributed by atoms with E-state index in [9.17, 15) is 8.42 Å². The van der Waals surface area contributed by atoms with Crippen LogP contribution in [0.25, 0.3) is 11.4 Å². The zero-order chi connectivity index (χ0) is 21.1. The third-order valence-corrected chi connectivity index (χ3v) is 5.80. The summed E-state index contributed by atoms with van der Waals surface area (Å²) >= 11 is 0. The molecule has 3 rings (SSSR count). The Morgan fingerprint density at radius 3 is 2.45 bits per heavy atom. The number of sulfonamides is 1. The topological polar surface area (TPSA) is 94.3 Å². The molecule has 7 nitrogen and oxygen atoms in total. The Morgan fingerprint density at radius 2 is 1.83 bits per heavy atom. The molecule has 0 aliphatic carbocycles. The molecule has 0 amide bonds. The van der Waals surface area contributed by atoms with Crippen molar-refractivity contribution in [3.8, 4) is 17.1 Å². The summed E-state index contributed by atoms with van der Waals surface area (Å²) in [7, 11) is -2.19. The number of ether oxygens (including phenoxy) is 1. The van der Waals surface area contributed by atoms with Crippen molar-refractivity contribution in [2.75, 3.05) is 13.7 Å². The summed E-state index contributed by atoms with van der Waals surface area (Å²) < 4.78 is 38.8. The lowest BCUT2D eigenvalue weighted by atomic mass is 9.97. The fourth-order valence-corrected chi connectivity index (χ4v) is 3.78. The van der Waals surface area contributed by atoms with Crippen molar-refractivity contribution in [2.45, 2.75) is 37.5 Å². The molecular weight excluding hydrogens is 390 g/mol. The summed E-state index contributed by atoms with van der Waals surface area (Å²) in [5.41, 5.74) is 1.20. The number of aromatic nitrogens is 2. The van der Waals surface area contributed by atoms with E-state index in [1.807, 2.05) is 51.1 Å². The molecule has 0 radical (unpaired) electrons. The van der Waals surface area contributed by atoms with Gasteiger partial charge >= 0.3 is 0 Å². The minimum atomic E-state index is -3.70. The van der Waals surface area contributed by atoms with Gasteiger partial charge in [0.15, 0.2) is 0 Å². The molecule has 0 unspecified atom stereocenters. The second-order valence-electron chi connectivity index (χ2n) is 7.67. The maximum absolute atomic E-state index is 12.8. The van der Waals surface area contributed by atoms with Gasteiger partial charge in [0.05, 0.1) is 17.6 Å². The molecule has 1 heterocycles. The van der Waals surface area contributed by atoms with Crippen LogP contribution in [0.4, 0.5) is 0 Å². The maximum Gasteiger partial charge on any atom is 0.240 e. The van der Waals surface area contributed by atoms with Crippen LogP contribution in [0.2, 0.25) is 0 Å².